The molecule has 1 unspecified atom stereocenters. The van der Waals surface area contributed by atoms with Crippen LogP contribution in [0.2, 0.25) is 0 Å². The van der Waals surface area contributed by atoms with E-state index in [4.69, 9.17) is 12.2 Å². The average Bonchev–Trinajstić information content (AvgIpc) is 2.42. The Morgan fingerprint density at radius 2 is 2.29 bits per heavy atom. The molecule has 2 rings (SSSR count). The normalized spacial score (nSPS) is 31.4. The predicted molar refractivity (Wildman–Crippen MR) is 63.2 cm³/mol. The van der Waals surface area contributed by atoms with Crippen molar-refractivity contribution in [2.24, 2.45) is 10.7 Å². The summed E-state index contributed by atoms with van der Waals surface area (Å²) < 4.78 is 23.4. The summed E-state index contributed by atoms with van der Waals surface area (Å²) in [6, 6.07) is -0.544. The molecule has 0 aromatic rings. The summed E-state index contributed by atoms with van der Waals surface area (Å²) in [5, 5.41) is 0. The largest absolute Gasteiger partial charge is 0.385 e. The van der Waals surface area contributed by atoms with E-state index in [1.165, 1.54) is 4.90 Å². The molecule has 0 aromatic carbocycles. The van der Waals surface area contributed by atoms with Gasteiger partial charge in [-0.3, -0.25) is 4.90 Å². The minimum atomic E-state index is -3.21. The van der Waals surface area contributed by atoms with Gasteiger partial charge in [0.05, 0.1) is 18.1 Å². The van der Waals surface area contributed by atoms with Gasteiger partial charge in [0.2, 0.25) is 0 Å². The van der Waals surface area contributed by atoms with Crippen LogP contribution in [0, 0.1) is 12.3 Å². The fourth-order valence-electron chi connectivity index (χ4n) is 2.41. The molecule has 92 valence electrons. The fraction of sp³-hybridized carbons (Fsp3) is 0.600. The minimum absolute atomic E-state index is 0.0263. The van der Waals surface area contributed by atoms with Crippen molar-refractivity contribution >= 4 is 21.7 Å². The topological polar surface area (TPSA) is 92.8 Å². The summed E-state index contributed by atoms with van der Waals surface area (Å²) in [6.45, 7) is 0.0263. The Labute approximate surface area is 99.8 Å². The third-order valence-corrected chi connectivity index (χ3v) is 5.02. The molecule has 1 spiro atoms. The van der Waals surface area contributed by atoms with Crippen molar-refractivity contribution < 1.29 is 13.2 Å². The number of nitrogens with zero attached hydrogens (tertiary/aromatic N) is 2. The van der Waals surface area contributed by atoms with Crippen LogP contribution in [-0.2, 0) is 9.84 Å². The van der Waals surface area contributed by atoms with Crippen LogP contribution >= 0.6 is 0 Å². The highest BCUT2D eigenvalue weighted by atomic mass is 32.2. The van der Waals surface area contributed by atoms with E-state index in [2.05, 4.69) is 10.9 Å². The van der Waals surface area contributed by atoms with E-state index in [-0.39, 0.29) is 23.9 Å². The van der Waals surface area contributed by atoms with Gasteiger partial charge >= 0.3 is 6.03 Å². The molecule has 0 radical (unpaired) electrons. The molecule has 17 heavy (non-hydrogen) atoms. The van der Waals surface area contributed by atoms with Crippen molar-refractivity contribution in [3.63, 3.8) is 0 Å². The Kier molecular flexibility index (Phi) is 2.62. The quantitative estimate of drug-likeness (QED) is 0.631. The van der Waals surface area contributed by atoms with Crippen LogP contribution in [0.15, 0.2) is 4.99 Å². The number of terminal acetylenes is 1. The van der Waals surface area contributed by atoms with Crippen molar-refractivity contribution in [3.8, 4) is 12.3 Å². The summed E-state index contributed by atoms with van der Waals surface area (Å²) in [4.78, 5) is 16.6. The number of sulfone groups is 1. The number of hydrogen-bond donors (Lipinski definition) is 1. The van der Waals surface area contributed by atoms with Gasteiger partial charge in [-0.1, -0.05) is 5.92 Å². The van der Waals surface area contributed by atoms with E-state index in [9.17, 15) is 13.2 Å². The maximum Gasteiger partial charge on any atom is 0.346 e. The second-order valence-electron chi connectivity index (χ2n) is 4.30. The SMILES string of the molecule is C#CCN1C(=O)N=C(N)C12CCCS(=O)(=O)C2. The standard InChI is InChI=1S/C10H13N3O3S/c1-2-5-13-9(14)12-8(11)10(13)4-3-6-17(15,16)7-10/h1H,3-7H2,(H2,11,12,14). The molecule has 1 fully saturated rings. The monoisotopic (exact) mass is 255 g/mol. The van der Waals surface area contributed by atoms with E-state index in [0.29, 0.717) is 12.8 Å². The van der Waals surface area contributed by atoms with Gasteiger partial charge < -0.3 is 5.73 Å². The number of hydrogen-bond acceptors (Lipinski definition) is 4. The smallest absolute Gasteiger partial charge is 0.346 e. The van der Waals surface area contributed by atoms with Crippen LogP contribution in [-0.4, -0.2) is 48.8 Å². The van der Waals surface area contributed by atoms with Crippen LogP contribution in [0.25, 0.3) is 0 Å². The number of carbonyl (C=O) groups excluding carboxylic acids is 1. The number of rotatable bonds is 1. The maximum atomic E-state index is 11.7. The third kappa shape index (κ3) is 1.78. The highest BCUT2D eigenvalue weighted by Crippen LogP contribution is 2.33. The Morgan fingerprint density at radius 1 is 1.59 bits per heavy atom. The summed E-state index contributed by atoms with van der Waals surface area (Å²) in [6.07, 6.45) is 6.15. The van der Waals surface area contributed by atoms with Gasteiger partial charge in [0.15, 0.2) is 9.84 Å². The molecule has 2 heterocycles. The van der Waals surface area contributed by atoms with E-state index in [1.807, 2.05) is 0 Å². The first kappa shape index (κ1) is 11.9. The zero-order valence-corrected chi connectivity index (χ0v) is 10.0. The molecule has 7 heteroatoms. The van der Waals surface area contributed by atoms with E-state index in [0.717, 1.165) is 0 Å². The van der Waals surface area contributed by atoms with Crippen LogP contribution in [0.4, 0.5) is 4.79 Å². The molecule has 2 aliphatic rings. The number of nitrogens with two attached hydrogens (primary N) is 1. The lowest BCUT2D eigenvalue weighted by atomic mass is 9.93. The molecule has 0 saturated carbocycles. The molecular weight excluding hydrogens is 242 g/mol. The van der Waals surface area contributed by atoms with Crippen LogP contribution in [0.1, 0.15) is 12.8 Å². The molecule has 0 aromatic heterocycles. The molecule has 0 aliphatic carbocycles. The number of carbonyl (C=O) groups is 1. The van der Waals surface area contributed by atoms with Crippen molar-refractivity contribution in [2.75, 3.05) is 18.1 Å². The molecule has 2 aliphatic heterocycles. The van der Waals surface area contributed by atoms with Gasteiger partial charge in [0.1, 0.15) is 11.4 Å². The first-order chi connectivity index (χ1) is 7.91. The van der Waals surface area contributed by atoms with Gasteiger partial charge in [-0.15, -0.1) is 6.42 Å². The Bertz CT molecular complexity index is 531. The van der Waals surface area contributed by atoms with Gasteiger partial charge in [-0.2, -0.15) is 4.99 Å². The molecule has 2 amide bonds. The lowest BCUT2D eigenvalue weighted by Crippen LogP contribution is -2.60. The molecule has 6 nitrogen and oxygen atoms in total. The number of amides is 2. The lowest BCUT2D eigenvalue weighted by molar-refractivity contribution is 0.183. The second-order valence-corrected chi connectivity index (χ2v) is 6.48. The van der Waals surface area contributed by atoms with Crippen LogP contribution in [0.3, 0.4) is 0 Å². The van der Waals surface area contributed by atoms with Gasteiger partial charge in [-0.05, 0) is 12.8 Å². The third-order valence-electron chi connectivity index (χ3n) is 3.19. The predicted octanol–water partition coefficient (Wildman–Crippen LogP) is -0.640. The molecule has 2 N–H and O–H groups in total. The highest BCUT2D eigenvalue weighted by molar-refractivity contribution is 7.91. The van der Waals surface area contributed by atoms with Gasteiger partial charge in [0, 0.05) is 0 Å². The van der Waals surface area contributed by atoms with E-state index in [1.54, 1.807) is 0 Å². The molecule has 1 saturated heterocycles. The van der Waals surface area contributed by atoms with Crippen molar-refractivity contribution in [3.05, 3.63) is 0 Å². The van der Waals surface area contributed by atoms with Crippen LogP contribution in [0.5, 0.6) is 0 Å². The Morgan fingerprint density at radius 3 is 2.88 bits per heavy atom. The van der Waals surface area contributed by atoms with E-state index >= 15 is 0 Å². The summed E-state index contributed by atoms with van der Waals surface area (Å²) in [7, 11) is -3.21. The second kappa shape index (κ2) is 3.74. The average molecular weight is 255 g/mol. The minimum Gasteiger partial charge on any atom is -0.385 e. The van der Waals surface area contributed by atoms with Crippen molar-refractivity contribution in [2.45, 2.75) is 18.4 Å². The molecular formula is C10H13N3O3S. The lowest BCUT2D eigenvalue weighted by Gasteiger charge is -2.39. The fourth-order valence-corrected chi connectivity index (χ4v) is 4.31. The number of amidine groups is 1. The first-order valence-corrected chi connectivity index (χ1v) is 7.03. The summed E-state index contributed by atoms with van der Waals surface area (Å²) >= 11 is 0. The zero-order chi connectivity index (χ0) is 12.7. The molecule has 0 bridgehead atoms. The molecule has 1 atom stereocenters. The Hall–Kier alpha value is -1.55. The number of urea groups is 1. The zero-order valence-electron chi connectivity index (χ0n) is 9.22. The van der Waals surface area contributed by atoms with Gasteiger partial charge in [0.25, 0.3) is 0 Å². The first-order valence-electron chi connectivity index (χ1n) is 5.21. The maximum absolute atomic E-state index is 11.7. The van der Waals surface area contributed by atoms with Crippen LogP contribution < -0.4 is 5.73 Å². The van der Waals surface area contributed by atoms with Gasteiger partial charge in [-0.25, -0.2) is 13.2 Å². The van der Waals surface area contributed by atoms with Crippen molar-refractivity contribution in [1.29, 1.82) is 0 Å². The Balaban J connectivity index is 2.43. The van der Waals surface area contributed by atoms with E-state index < -0.39 is 21.4 Å². The summed E-state index contributed by atoms with van der Waals surface area (Å²) in [5.74, 6) is 2.36. The van der Waals surface area contributed by atoms with Crippen molar-refractivity contribution in [1.82, 2.24) is 4.90 Å². The number of aliphatic imine (C=N–C) groups is 1. The summed E-state index contributed by atoms with van der Waals surface area (Å²) in [5.41, 5.74) is 4.72. The highest BCUT2D eigenvalue weighted by Gasteiger charge is 2.52.